The molecule has 1 fully saturated rings. The Hall–Kier alpha value is -2.20. The van der Waals surface area contributed by atoms with Gasteiger partial charge in [-0.3, -0.25) is 14.9 Å². The SMILES string of the molecule is O=C(NO)C(CCN1CCOCC1)(c1ccc[nH]1)S(=O)(=O)Cc1ccccc1. The highest BCUT2D eigenvalue weighted by molar-refractivity contribution is 7.92. The van der Waals surface area contributed by atoms with Crippen molar-refractivity contribution in [3.63, 3.8) is 0 Å². The number of benzene rings is 1. The van der Waals surface area contributed by atoms with Gasteiger partial charge in [0.15, 0.2) is 14.6 Å². The van der Waals surface area contributed by atoms with Crippen LogP contribution < -0.4 is 5.48 Å². The van der Waals surface area contributed by atoms with Gasteiger partial charge in [-0.1, -0.05) is 30.3 Å². The summed E-state index contributed by atoms with van der Waals surface area (Å²) in [5.41, 5.74) is 2.41. The number of aromatic amines is 1. The van der Waals surface area contributed by atoms with Crippen LogP contribution in [0.3, 0.4) is 0 Å². The first-order valence-corrected chi connectivity index (χ1v) is 10.8. The van der Waals surface area contributed by atoms with Crippen LogP contribution >= 0.6 is 0 Å². The van der Waals surface area contributed by atoms with Crippen LogP contribution in [0.2, 0.25) is 0 Å². The van der Waals surface area contributed by atoms with Crippen LogP contribution in [0.1, 0.15) is 17.7 Å². The number of nitrogens with one attached hydrogen (secondary N) is 2. The molecule has 1 aliphatic heterocycles. The van der Waals surface area contributed by atoms with Crippen molar-refractivity contribution in [2.45, 2.75) is 16.9 Å². The first kappa shape index (κ1) is 20.5. The van der Waals surface area contributed by atoms with Crippen molar-refractivity contribution < 1.29 is 23.2 Å². The smallest absolute Gasteiger partial charge is 0.270 e. The molecule has 1 aliphatic rings. The van der Waals surface area contributed by atoms with E-state index in [1.807, 2.05) is 0 Å². The number of hydroxylamine groups is 1. The number of hydrogen-bond acceptors (Lipinski definition) is 6. The van der Waals surface area contributed by atoms with Crippen molar-refractivity contribution in [2.24, 2.45) is 0 Å². The van der Waals surface area contributed by atoms with Crippen molar-refractivity contribution in [1.82, 2.24) is 15.4 Å². The summed E-state index contributed by atoms with van der Waals surface area (Å²) in [5.74, 6) is -1.28. The zero-order valence-electron chi connectivity index (χ0n) is 15.5. The van der Waals surface area contributed by atoms with Crippen molar-refractivity contribution >= 4 is 15.7 Å². The lowest BCUT2D eigenvalue weighted by Gasteiger charge is -2.34. The predicted molar refractivity (Wildman–Crippen MR) is 103 cm³/mol. The van der Waals surface area contributed by atoms with E-state index in [0.29, 0.717) is 38.4 Å². The van der Waals surface area contributed by atoms with Gasteiger partial charge >= 0.3 is 0 Å². The Labute approximate surface area is 164 Å². The lowest BCUT2D eigenvalue weighted by atomic mass is 9.99. The zero-order valence-corrected chi connectivity index (χ0v) is 16.3. The van der Waals surface area contributed by atoms with Gasteiger partial charge in [-0.25, -0.2) is 13.9 Å². The average Bonchev–Trinajstić information content (AvgIpc) is 3.24. The summed E-state index contributed by atoms with van der Waals surface area (Å²) in [6, 6.07) is 11.9. The number of nitrogens with zero attached hydrogens (tertiary/aromatic N) is 1. The maximum Gasteiger partial charge on any atom is 0.270 e. The Morgan fingerprint density at radius 2 is 1.89 bits per heavy atom. The van der Waals surface area contributed by atoms with Crippen LogP contribution in [0.4, 0.5) is 0 Å². The van der Waals surface area contributed by atoms with Crippen LogP contribution in [0.25, 0.3) is 0 Å². The normalized spacial score (nSPS) is 17.8. The topological polar surface area (TPSA) is 112 Å². The van der Waals surface area contributed by atoms with E-state index >= 15 is 0 Å². The van der Waals surface area contributed by atoms with E-state index in [0.717, 1.165) is 0 Å². The van der Waals surface area contributed by atoms with Crippen LogP contribution in [0.5, 0.6) is 0 Å². The van der Waals surface area contributed by atoms with Gasteiger partial charge in [-0.15, -0.1) is 0 Å². The summed E-state index contributed by atoms with van der Waals surface area (Å²) in [5, 5.41) is 9.42. The number of carbonyl (C=O) groups excluding carboxylic acids is 1. The van der Waals surface area contributed by atoms with Crippen LogP contribution in [0.15, 0.2) is 48.7 Å². The number of carbonyl (C=O) groups is 1. The molecule has 0 saturated carbocycles. The molecule has 3 rings (SSSR count). The summed E-state index contributed by atoms with van der Waals surface area (Å²) < 4.78 is 30.5. The van der Waals surface area contributed by atoms with E-state index in [1.54, 1.807) is 54.1 Å². The first-order valence-electron chi connectivity index (χ1n) is 9.14. The Kier molecular flexibility index (Phi) is 6.50. The maximum absolute atomic E-state index is 13.6. The molecule has 1 unspecified atom stereocenters. The fourth-order valence-corrected chi connectivity index (χ4v) is 5.63. The lowest BCUT2D eigenvalue weighted by Crippen LogP contribution is -2.52. The third kappa shape index (κ3) is 4.12. The molecule has 0 spiro atoms. The molecule has 8 nitrogen and oxygen atoms in total. The summed E-state index contributed by atoms with van der Waals surface area (Å²) in [6.07, 6.45) is 1.58. The highest BCUT2D eigenvalue weighted by Gasteiger charge is 2.52. The second-order valence-electron chi connectivity index (χ2n) is 6.80. The van der Waals surface area contributed by atoms with E-state index in [-0.39, 0.29) is 17.9 Å². The summed E-state index contributed by atoms with van der Waals surface area (Å²) in [4.78, 5) is 17.8. The summed E-state index contributed by atoms with van der Waals surface area (Å²) >= 11 is 0. The number of aromatic nitrogens is 1. The highest BCUT2D eigenvalue weighted by atomic mass is 32.2. The van der Waals surface area contributed by atoms with Gasteiger partial charge in [-0.05, 0) is 24.1 Å². The maximum atomic E-state index is 13.6. The molecule has 2 aromatic rings. The van der Waals surface area contributed by atoms with Gasteiger partial charge in [0, 0.05) is 31.5 Å². The monoisotopic (exact) mass is 407 g/mol. The second kappa shape index (κ2) is 8.87. The van der Waals surface area contributed by atoms with Crippen LogP contribution in [-0.4, -0.2) is 62.3 Å². The summed E-state index contributed by atoms with van der Waals surface area (Å²) in [6.45, 7) is 2.85. The Bertz CT molecular complexity index is 864. The number of sulfone groups is 1. The average molecular weight is 407 g/mol. The standard InChI is InChI=1S/C19H25N3O5S/c23-18(21-24)19(17-7-4-9-20-17,8-10-22-11-13-27-14-12-22)28(25,26)15-16-5-2-1-3-6-16/h1-7,9,20,24H,8,10-15H2,(H,21,23). The van der Waals surface area contributed by atoms with E-state index in [4.69, 9.17) is 4.74 Å². The number of ether oxygens (including phenoxy) is 1. The van der Waals surface area contributed by atoms with Gasteiger partial charge in [0.05, 0.1) is 19.0 Å². The van der Waals surface area contributed by atoms with Gasteiger partial charge in [-0.2, -0.15) is 0 Å². The van der Waals surface area contributed by atoms with Crippen molar-refractivity contribution in [1.29, 1.82) is 0 Å². The molecule has 0 bridgehead atoms. The van der Waals surface area contributed by atoms with Crippen molar-refractivity contribution in [3.05, 3.63) is 59.9 Å². The molecule has 0 radical (unpaired) electrons. The Morgan fingerprint density at radius 1 is 1.18 bits per heavy atom. The van der Waals surface area contributed by atoms with Crippen LogP contribution in [0, 0.1) is 0 Å². The molecule has 2 heterocycles. The van der Waals surface area contributed by atoms with Gasteiger partial charge in [0.2, 0.25) is 0 Å². The van der Waals surface area contributed by atoms with Crippen molar-refractivity contribution in [2.75, 3.05) is 32.8 Å². The first-order chi connectivity index (χ1) is 13.5. The number of amides is 1. The summed E-state index contributed by atoms with van der Waals surface area (Å²) in [7, 11) is -4.03. The molecule has 3 N–H and O–H groups in total. The Balaban J connectivity index is 1.99. The van der Waals surface area contributed by atoms with Gasteiger partial charge in [0.25, 0.3) is 5.91 Å². The van der Waals surface area contributed by atoms with Gasteiger partial charge < -0.3 is 9.72 Å². The molecule has 1 aromatic carbocycles. The van der Waals surface area contributed by atoms with Crippen molar-refractivity contribution in [3.8, 4) is 0 Å². The molecule has 9 heteroatoms. The lowest BCUT2D eigenvalue weighted by molar-refractivity contribution is -0.132. The molecule has 1 saturated heterocycles. The predicted octanol–water partition coefficient (Wildman–Crippen LogP) is 1.05. The molecular formula is C19H25N3O5S. The number of morpholine rings is 1. The minimum absolute atomic E-state index is 0.00900. The minimum atomic E-state index is -4.03. The third-order valence-electron chi connectivity index (χ3n) is 5.12. The highest BCUT2D eigenvalue weighted by Crippen LogP contribution is 2.36. The minimum Gasteiger partial charge on any atom is -0.379 e. The fraction of sp³-hybridized carbons (Fsp3) is 0.421. The van der Waals surface area contributed by atoms with E-state index in [2.05, 4.69) is 9.88 Å². The third-order valence-corrected chi connectivity index (χ3v) is 7.50. The molecule has 1 atom stereocenters. The molecule has 28 heavy (non-hydrogen) atoms. The molecule has 1 amide bonds. The number of H-pyrrole nitrogens is 1. The van der Waals surface area contributed by atoms with E-state index < -0.39 is 20.5 Å². The van der Waals surface area contributed by atoms with Gasteiger partial charge in [0.1, 0.15) is 0 Å². The second-order valence-corrected chi connectivity index (χ2v) is 9.02. The van der Waals surface area contributed by atoms with E-state index in [1.165, 1.54) is 0 Å². The van der Waals surface area contributed by atoms with E-state index in [9.17, 15) is 18.4 Å². The molecular weight excluding hydrogens is 382 g/mol. The number of hydrogen-bond donors (Lipinski definition) is 3. The zero-order chi connectivity index (χ0) is 20.0. The fourth-order valence-electron chi connectivity index (χ4n) is 3.56. The Morgan fingerprint density at radius 3 is 2.50 bits per heavy atom. The molecule has 1 aromatic heterocycles. The van der Waals surface area contributed by atoms with Crippen LogP contribution in [-0.2, 0) is 29.9 Å². The quantitative estimate of drug-likeness (QED) is 0.446. The number of rotatable bonds is 8. The largest absolute Gasteiger partial charge is 0.379 e. The molecule has 152 valence electrons. The molecule has 0 aliphatic carbocycles.